The Hall–Kier alpha value is -0.830. The molecule has 3 nitrogen and oxygen atoms in total. The van der Waals surface area contributed by atoms with Crippen LogP contribution < -0.4 is 5.32 Å². The van der Waals surface area contributed by atoms with Crippen LogP contribution in [0.5, 0.6) is 0 Å². The average Bonchev–Trinajstić information content (AvgIpc) is 2.52. The van der Waals surface area contributed by atoms with E-state index in [0.29, 0.717) is 6.04 Å². The first-order chi connectivity index (χ1) is 5.33. The molecule has 0 radical (unpaired) electrons. The summed E-state index contributed by atoms with van der Waals surface area (Å²) >= 11 is 0. The fraction of sp³-hybridized carbons (Fsp3) is 0.625. The number of aromatic nitrogens is 2. The van der Waals surface area contributed by atoms with Gasteiger partial charge in [-0.15, -0.1) is 0 Å². The molecule has 0 saturated heterocycles. The monoisotopic (exact) mass is 153 g/mol. The molecule has 1 heterocycles. The van der Waals surface area contributed by atoms with Crippen molar-refractivity contribution in [1.82, 2.24) is 15.5 Å². The summed E-state index contributed by atoms with van der Waals surface area (Å²) in [4.78, 5) is 0. The molecule has 0 aliphatic heterocycles. The van der Waals surface area contributed by atoms with Gasteiger partial charge in [0.25, 0.3) is 0 Å². The van der Waals surface area contributed by atoms with Gasteiger partial charge >= 0.3 is 0 Å². The minimum absolute atomic E-state index is 0.588. The normalized spacial score (nSPS) is 13.3. The van der Waals surface area contributed by atoms with E-state index in [1.54, 1.807) is 0 Å². The third-order valence-corrected chi connectivity index (χ3v) is 1.82. The highest BCUT2D eigenvalue weighted by molar-refractivity contribution is 5.01. The van der Waals surface area contributed by atoms with Crippen LogP contribution in [0.2, 0.25) is 0 Å². The molecular formula is C8H15N3. The Bertz CT molecular complexity index is 181. The Morgan fingerprint density at radius 1 is 1.73 bits per heavy atom. The smallest absolute Gasteiger partial charge is 0.0532 e. The van der Waals surface area contributed by atoms with Crippen LogP contribution >= 0.6 is 0 Å². The van der Waals surface area contributed by atoms with E-state index in [0.717, 1.165) is 13.0 Å². The first-order valence-corrected chi connectivity index (χ1v) is 4.04. The third kappa shape index (κ3) is 2.72. The van der Waals surface area contributed by atoms with Crippen molar-refractivity contribution in [2.45, 2.75) is 32.9 Å². The highest BCUT2D eigenvalue weighted by Gasteiger charge is 1.97. The van der Waals surface area contributed by atoms with E-state index in [1.165, 1.54) is 5.56 Å². The molecule has 0 aliphatic carbocycles. The summed E-state index contributed by atoms with van der Waals surface area (Å²) in [5.41, 5.74) is 1.21. The molecule has 0 fully saturated rings. The molecule has 11 heavy (non-hydrogen) atoms. The van der Waals surface area contributed by atoms with Gasteiger partial charge < -0.3 is 5.32 Å². The Labute approximate surface area is 67.2 Å². The summed E-state index contributed by atoms with van der Waals surface area (Å²) < 4.78 is 0. The number of rotatable bonds is 4. The first-order valence-electron chi connectivity index (χ1n) is 4.04. The number of H-pyrrole nitrogens is 1. The summed E-state index contributed by atoms with van der Waals surface area (Å²) in [6, 6.07) is 0.588. The van der Waals surface area contributed by atoms with Gasteiger partial charge in [-0.25, -0.2) is 0 Å². The second-order valence-electron chi connectivity index (χ2n) is 2.80. The Morgan fingerprint density at radius 3 is 3.09 bits per heavy atom. The van der Waals surface area contributed by atoms with Crippen LogP contribution in [0.4, 0.5) is 0 Å². The quantitative estimate of drug-likeness (QED) is 0.684. The molecule has 0 amide bonds. The predicted octanol–water partition coefficient (Wildman–Crippen LogP) is 1.30. The van der Waals surface area contributed by atoms with E-state index in [9.17, 15) is 0 Å². The van der Waals surface area contributed by atoms with Crippen molar-refractivity contribution in [2.75, 3.05) is 0 Å². The highest BCUT2D eigenvalue weighted by Crippen LogP contribution is 1.95. The number of nitrogens with zero attached hydrogens (tertiary/aromatic N) is 1. The molecule has 62 valence electrons. The van der Waals surface area contributed by atoms with Crippen molar-refractivity contribution >= 4 is 0 Å². The molecule has 0 aromatic carbocycles. The van der Waals surface area contributed by atoms with Gasteiger partial charge in [0.15, 0.2) is 0 Å². The Morgan fingerprint density at radius 2 is 2.55 bits per heavy atom. The molecule has 1 aromatic rings. The van der Waals surface area contributed by atoms with Crippen molar-refractivity contribution in [1.29, 1.82) is 0 Å². The Kier molecular flexibility index (Phi) is 3.11. The largest absolute Gasteiger partial charge is 0.310 e. The van der Waals surface area contributed by atoms with Crippen molar-refractivity contribution in [3.63, 3.8) is 0 Å². The van der Waals surface area contributed by atoms with E-state index in [1.807, 2.05) is 12.4 Å². The van der Waals surface area contributed by atoms with Crippen LogP contribution in [-0.4, -0.2) is 16.2 Å². The second kappa shape index (κ2) is 4.13. The first kappa shape index (κ1) is 8.27. The van der Waals surface area contributed by atoms with Gasteiger partial charge in [0, 0.05) is 24.3 Å². The van der Waals surface area contributed by atoms with Crippen molar-refractivity contribution in [3.05, 3.63) is 18.0 Å². The maximum Gasteiger partial charge on any atom is 0.0532 e. The van der Waals surface area contributed by atoms with Crippen LogP contribution in [0.15, 0.2) is 12.4 Å². The van der Waals surface area contributed by atoms with Gasteiger partial charge in [-0.1, -0.05) is 6.92 Å². The number of hydrogen-bond acceptors (Lipinski definition) is 2. The maximum atomic E-state index is 3.86. The van der Waals surface area contributed by atoms with Gasteiger partial charge in [-0.3, -0.25) is 5.10 Å². The molecule has 3 heteroatoms. The summed E-state index contributed by atoms with van der Waals surface area (Å²) in [5.74, 6) is 0. The lowest BCUT2D eigenvalue weighted by Crippen LogP contribution is -2.24. The van der Waals surface area contributed by atoms with Gasteiger partial charge in [-0.2, -0.15) is 5.10 Å². The average molecular weight is 153 g/mol. The Balaban J connectivity index is 2.23. The van der Waals surface area contributed by atoms with Gasteiger partial charge in [-0.05, 0) is 13.3 Å². The summed E-state index contributed by atoms with van der Waals surface area (Å²) in [6.07, 6.45) is 4.92. The zero-order valence-corrected chi connectivity index (χ0v) is 7.09. The van der Waals surface area contributed by atoms with Crippen LogP contribution in [-0.2, 0) is 6.54 Å². The fourth-order valence-corrected chi connectivity index (χ4v) is 0.811. The van der Waals surface area contributed by atoms with Crippen molar-refractivity contribution in [2.24, 2.45) is 0 Å². The highest BCUT2D eigenvalue weighted by atomic mass is 15.1. The molecule has 1 unspecified atom stereocenters. The fourth-order valence-electron chi connectivity index (χ4n) is 0.811. The molecule has 1 atom stereocenters. The van der Waals surface area contributed by atoms with E-state index < -0.39 is 0 Å². The van der Waals surface area contributed by atoms with Crippen LogP contribution in [0, 0.1) is 0 Å². The SMILES string of the molecule is CCC(C)NCc1cn[nH]c1. The lowest BCUT2D eigenvalue weighted by molar-refractivity contribution is 0.534. The number of hydrogen-bond donors (Lipinski definition) is 2. The lowest BCUT2D eigenvalue weighted by atomic mass is 10.2. The van der Waals surface area contributed by atoms with Gasteiger partial charge in [0.2, 0.25) is 0 Å². The summed E-state index contributed by atoms with van der Waals surface area (Å²) in [7, 11) is 0. The summed E-state index contributed by atoms with van der Waals surface area (Å²) in [6.45, 7) is 5.26. The third-order valence-electron chi connectivity index (χ3n) is 1.82. The summed E-state index contributed by atoms with van der Waals surface area (Å²) in [5, 5.41) is 10.0. The molecule has 0 bridgehead atoms. The molecule has 2 N–H and O–H groups in total. The topological polar surface area (TPSA) is 40.7 Å². The van der Waals surface area contributed by atoms with E-state index in [4.69, 9.17) is 0 Å². The molecular weight excluding hydrogens is 138 g/mol. The van der Waals surface area contributed by atoms with Crippen LogP contribution in [0.25, 0.3) is 0 Å². The number of aromatic amines is 1. The molecule has 1 rings (SSSR count). The van der Waals surface area contributed by atoms with Crippen LogP contribution in [0.3, 0.4) is 0 Å². The van der Waals surface area contributed by atoms with Crippen molar-refractivity contribution < 1.29 is 0 Å². The number of nitrogens with one attached hydrogen (secondary N) is 2. The van der Waals surface area contributed by atoms with Crippen LogP contribution in [0.1, 0.15) is 25.8 Å². The standard InChI is InChI=1S/C8H15N3/c1-3-7(2)9-4-8-5-10-11-6-8/h5-7,9H,3-4H2,1-2H3,(H,10,11). The van der Waals surface area contributed by atoms with E-state index in [-0.39, 0.29) is 0 Å². The van der Waals surface area contributed by atoms with Gasteiger partial charge in [0.05, 0.1) is 6.20 Å². The molecule has 0 spiro atoms. The second-order valence-corrected chi connectivity index (χ2v) is 2.80. The van der Waals surface area contributed by atoms with Crippen molar-refractivity contribution in [3.8, 4) is 0 Å². The van der Waals surface area contributed by atoms with E-state index in [2.05, 4.69) is 29.4 Å². The zero-order chi connectivity index (χ0) is 8.10. The molecule has 0 aliphatic rings. The van der Waals surface area contributed by atoms with E-state index >= 15 is 0 Å². The zero-order valence-electron chi connectivity index (χ0n) is 7.09. The molecule has 0 saturated carbocycles. The maximum absolute atomic E-state index is 3.86. The minimum Gasteiger partial charge on any atom is -0.310 e. The minimum atomic E-state index is 0.588. The van der Waals surface area contributed by atoms with Gasteiger partial charge in [0.1, 0.15) is 0 Å². The molecule has 1 aromatic heterocycles. The lowest BCUT2D eigenvalue weighted by Gasteiger charge is -2.08. The predicted molar refractivity (Wildman–Crippen MR) is 45.2 cm³/mol.